The monoisotopic (exact) mass is 870 g/mol. The van der Waals surface area contributed by atoms with Gasteiger partial charge in [0.25, 0.3) is 0 Å². The third-order valence-electron chi connectivity index (χ3n) is 12.2. The van der Waals surface area contributed by atoms with Gasteiger partial charge in [-0.2, -0.15) is 0 Å². The molecular weight excluding hydrogens is 828 g/mol. The minimum Gasteiger partial charge on any atom is -0.360 e. The number of halogens is 1. The maximum Gasteiger partial charge on any atom is 0.109 e. The first kappa shape index (κ1) is 37.0. The number of rotatable bonds is 8. The van der Waals surface area contributed by atoms with Gasteiger partial charge in [-0.05, 0) is 133 Å². The molecule has 5 aliphatic carbocycles. The van der Waals surface area contributed by atoms with E-state index in [9.17, 15) is 0 Å². The van der Waals surface area contributed by atoms with Crippen molar-refractivity contribution < 1.29 is 0 Å². The Labute approximate surface area is 361 Å². The molecule has 0 radical (unpaired) electrons. The summed E-state index contributed by atoms with van der Waals surface area (Å²) in [4.78, 5) is 5.20. The predicted octanol–water partition coefficient (Wildman–Crippen LogP) is 14.3. The number of aliphatic imine (C=N–C) groups is 1. The van der Waals surface area contributed by atoms with Gasteiger partial charge in [0, 0.05) is 23.0 Å². The van der Waals surface area contributed by atoms with Crippen molar-refractivity contribution in [2.24, 2.45) is 4.99 Å². The minimum absolute atomic E-state index is 0.222. The maximum atomic E-state index is 5.20. The molecule has 5 aliphatic rings. The van der Waals surface area contributed by atoms with Crippen molar-refractivity contribution >= 4 is 48.7 Å². The second-order valence-corrected chi connectivity index (χ2v) is 16.6. The van der Waals surface area contributed by atoms with Gasteiger partial charge in [0.05, 0.1) is 11.1 Å². The predicted molar refractivity (Wildman–Crippen MR) is 258 cm³/mol. The molecule has 59 heavy (non-hydrogen) atoms. The van der Waals surface area contributed by atoms with E-state index in [1.54, 1.807) is 5.57 Å². The molecule has 3 heteroatoms. The molecule has 284 valence electrons. The van der Waals surface area contributed by atoms with Gasteiger partial charge in [-0.25, -0.2) is 4.99 Å². The molecule has 1 spiro atoms. The van der Waals surface area contributed by atoms with Crippen LogP contribution >= 0.6 is 22.6 Å². The van der Waals surface area contributed by atoms with Crippen molar-refractivity contribution in [1.29, 1.82) is 0 Å². The van der Waals surface area contributed by atoms with E-state index in [1.807, 2.05) is 24.4 Å². The second kappa shape index (κ2) is 15.8. The van der Waals surface area contributed by atoms with E-state index in [0.29, 0.717) is 0 Å². The lowest BCUT2D eigenvalue weighted by Gasteiger charge is -2.35. The van der Waals surface area contributed by atoms with E-state index < -0.39 is 0 Å². The zero-order valence-electron chi connectivity index (χ0n) is 32.8. The van der Waals surface area contributed by atoms with Gasteiger partial charge in [-0.1, -0.05) is 183 Å². The fourth-order valence-corrected chi connectivity index (χ4v) is 10.1. The molecule has 1 N–H and O–H groups in total. The Morgan fingerprint density at radius 3 is 2.17 bits per heavy atom. The summed E-state index contributed by atoms with van der Waals surface area (Å²) in [6.07, 6.45) is 28.5. The van der Waals surface area contributed by atoms with E-state index in [1.165, 1.54) is 55.7 Å². The second-order valence-electron chi connectivity index (χ2n) is 15.5. The summed E-state index contributed by atoms with van der Waals surface area (Å²) >= 11 is 2.38. The lowest BCUT2D eigenvalue weighted by atomic mass is 9.66. The molecule has 0 aliphatic heterocycles. The lowest BCUT2D eigenvalue weighted by molar-refractivity contribution is 0.682. The van der Waals surface area contributed by atoms with Crippen LogP contribution in [0.3, 0.4) is 0 Å². The van der Waals surface area contributed by atoms with E-state index in [4.69, 9.17) is 4.99 Å². The summed E-state index contributed by atoms with van der Waals surface area (Å²) < 4.78 is 0.908. The SMILES string of the molecule is C=C(N/C=C(\N=C(I)c1cccc(-c2cccc(C3=CCC4=C(C=C3)c3ccccc3C43C4=C(C=CCC4)c4ccccc43)c2)c1)C1=CC=CCC=C1)c1ccccc1. The van der Waals surface area contributed by atoms with Crippen LogP contribution in [0.25, 0.3) is 33.5 Å². The molecule has 1 atom stereocenters. The summed E-state index contributed by atoms with van der Waals surface area (Å²) in [5, 5.41) is 3.42. The van der Waals surface area contributed by atoms with Crippen LogP contribution in [0, 0.1) is 0 Å². The first-order valence-corrected chi connectivity index (χ1v) is 21.6. The Hall–Kier alpha value is -6.30. The molecule has 2 nitrogen and oxygen atoms in total. The van der Waals surface area contributed by atoms with Crippen molar-refractivity contribution in [3.05, 3.63) is 262 Å². The standard InChI is InChI=1S/C56H43IN2/c1-38(39-17-7-4-8-18-39)58-37-54(41-19-5-2-3-6-20-41)59-55(57)45-24-16-23-44(36-45)43-22-15-21-42(35-43)40-31-33-49-48-27-11-14-30-52(48)56(53(49)34-32-40)50-28-12-9-25-46(50)47-26-10-13-29-51(47)56/h2,4-12,14-28,30-33,35-37,58H,1,3,13,29,34H2/b54-37-,59-55?. The van der Waals surface area contributed by atoms with E-state index in [2.05, 4.69) is 204 Å². The van der Waals surface area contributed by atoms with Crippen LogP contribution in [0.4, 0.5) is 0 Å². The number of nitrogens with zero attached hydrogens (tertiary/aromatic N) is 1. The van der Waals surface area contributed by atoms with Crippen LogP contribution in [0.1, 0.15) is 64.6 Å². The molecule has 5 aromatic rings. The number of allylic oxidation sites excluding steroid dienone is 15. The number of hydrogen-bond acceptors (Lipinski definition) is 2. The van der Waals surface area contributed by atoms with Gasteiger partial charge in [-0.15, -0.1) is 0 Å². The Kier molecular flexibility index (Phi) is 9.91. The van der Waals surface area contributed by atoms with Crippen LogP contribution in [0.15, 0.2) is 228 Å². The first-order chi connectivity index (χ1) is 29.1. The fraction of sp³-hybridized carbons (Fsp3) is 0.0893. The molecule has 5 aromatic carbocycles. The third kappa shape index (κ3) is 6.64. The van der Waals surface area contributed by atoms with Gasteiger partial charge in [0.1, 0.15) is 3.72 Å². The summed E-state index contributed by atoms with van der Waals surface area (Å²) in [6.45, 7) is 4.28. The van der Waals surface area contributed by atoms with Gasteiger partial charge in [-0.3, -0.25) is 0 Å². The number of benzene rings is 5. The Morgan fingerprint density at radius 2 is 1.36 bits per heavy atom. The van der Waals surface area contributed by atoms with Crippen LogP contribution in [-0.4, -0.2) is 3.72 Å². The van der Waals surface area contributed by atoms with Gasteiger partial charge in [0.15, 0.2) is 0 Å². The van der Waals surface area contributed by atoms with Crippen molar-refractivity contribution in [3.8, 4) is 11.1 Å². The normalized spacial score (nSPS) is 19.1. The van der Waals surface area contributed by atoms with Crippen molar-refractivity contribution in [1.82, 2.24) is 5.32 Å². The Bertz CT molecular complexity index is 2870. The molecule has 0 amide bonds. The highest BCUT2D eigenvalue weighted by atomic mass is 127. The highest BCUT2D eigenvalue weighted by Crippen LogP contribution is 2.64. The van der Waals surface area contributed by atoms with Gasteiger partial charge in [0.2, 0.25) is 0 Å². The van der Waals surface area contributed by atoms with E-state index in [-0.39, 0.29) is 5.41 Å². The molecule has 1 unspecified atom stereocenters. The maximum absolute atomic E-state index is 5.20. The van der Waals surface area contributed by atoms with Crippen molar-refractivity contribution in [3.63, 3.8) is 0 Å². The molecule has 0 saturated carbocycles. The lowest BCUT2D eigenvalue weighted by Crippen LogP contribution is -2.29. The Morgan fingerprint density at radius 1 is 0.661 bits per heavy atom. The molecule has 0 fully saturated rings. The minimum atomic E-state index is -0.222. The highest BCUT2D eigenvalue weighted by Gasteiger charge is 2.53. The molecule has 10 rings (SSSR count). The van der Waals surface area contributed by atoms with Crippen LogP contribution in [0.2, 0.25) is 0 Å². The number of fused-ring (bicyclic) bond motifs is 8. The highest BCUT2D eigenvalue weighted by molar-refractivity contribution is 14.1. The van der Waals surface area contributed by atoms with Crippen LogP contribution < -0.4 is 5.32 Å². The summed E-state index contributed by atoms with van der Waals surface area (Å²) in [7, 11) is 0. The summed E-state index contributed by atoms with van der Waals surface area (Å²) in [6, 6.07) is 46.2. The van der Waals surface area contributed by atoms with Gasteiger partial charge < -0.3 is 5.32 Å². The van der Waals surface area contributed by atoms with E-state index >= 15 is 0 Å². The van der Waals surface area contributed by atoms with Crippen molar-refractivity contribution in [2.75, 3.05) is 0 Å². The molecular formula is C56H43IN2. The Balaban J connectivity index is 0.968. The third-order valence-corrected chi connectivity index (χ3v) is 13.1. The number of hydrogen-bond donors (Lipinski definition) is 1. The quantitative estimate of drug-likeness (QED) is 0.122. The average Bonchev–Trinajstić information content (AvgIpc) is 3.45. The molecule has 0 heterocycles. The van der Waals surface area contributed by atoms with Crippen molar-refractivity contribution in [2.45, 2.75) is 31.1 Å². The average molecular weight is 871 g/mol. The number of nitrogens with one attached hydrogen (secondary N) is 1. The smallest absolute Gasteiger partial charge is 0.109 e. The molecule has 0 bridgehead atoms. The summed E-state index contributed by atoms with van der Waals surface area (Å²) in [5.41, 5.74) is 20.9. The first-order valence-electron chi connectivity index (χ1n) is 20.5. The van der Waals surface area contributed by atoms with E-state index in [0.717, 1.165) is 63.1 Å². The topological polar surface area (TPSA) is 24.4 Å². The zero-order chi connectivity index (χ0) is 39.8. The fourth-order valence-electron chi connectivity index (χ4n) is 9.54. The van der Waals surface area contributed by atoms with Crippen LogP contribution in [-0.2, 0) is 5.41 Å². The largest absolute Gasteiger partial charge is 0.360 e. The summed E-state index contributed by atoms with van der Waals surface area (Å²) in [5.74, 6) is 0. The van der Waals surface area contributed by atoms with Crippen LogP contribution in [0.5, 0.6) is 0 Å². The van der Waals surface area contributed by atoms with Gasteiger partial charge >= 0.3 is 0 Å². The molecule has 0 saturated heterocycles. The molecule has 0 aromatic heterocycles. The zero-order valence-corrected chi connectivity index (χ0v) is 35.0.